The van der Waals surface area contributed by atoms with Crippen molar-refractivity contribution in [1.82, 2.24) is 29.9 Å². The van der Waals surface area contributed by atoms with E-state index in [1.165, 1.54) is 0 Å². The van der Waals surface area contributed by atoms with Gasteiger partial charge in [-0.1, -0.05) is 0 Å². The molecule has 4 aromatic rings. The summed E-state index contributed by atoms with van der Waals surface area (Å²) in [5.41, 5.74) is 7.92. The highest BCUT2D eigenvalue weighted by Gasteiger charge is 2.13. The van der Waals surface area contributed by atoms with Crippen LogP contribution in [0.4, 0.5) is 29.7 Å². The van der Waals surface area contributed by atoms with Crippen LogP contribution in [-0.4, -0.2) is 57.1 Å². The molecule has 4 N–H and O–H groups in total. The second kappa shape index (κ2) is 8.81. The quantitative estimate of drug-likeness (QED) is 0.343. The molecule has 0 aromatic carbocycles. The lowest BCUT2D eigenvalue weighted by Gasteiger charge is -2.16. The standard InChI is InChI=1S/C19H26N10O2/c1-27(7-4-13-6-9-30-11-13)18-22-17(24-25-18)21-15-10-14(12-31-15)5-8-28(2)19-26-23-16(20)29(19)3/h6,9-12H,4-5,7-8H2,1-3H3,(H2,20,23)(H2,21,22,24,25). The van der Waals surface area contributed by atoms with Gasteiger partial charge in [0.05, 0.1) is 18.8 Å². The first-order chi connectivity index (χ1) is 15.0. The molecule has 0 fully saturated rings. The van der Waals surface area contributed by atoms with Crippen molar-refractivity contribution in [2.45, 2.75) is 12.8 Å². The fraction of sp³-hybridized carbons (Fsp3) is 0.368. The Labute approximate surface area is 179 Å². The third-order valence-electron chi connectivity index (χ3n) is 4.99. The molecule has 0 aliphatic carbocycles. The normalized spacial score (nSPS) is 11.1. The molecule has 0 saturated carbocycles. The van der Waals surface area contributed by atoms with E-state index < -0.39 is 0 Å². The van der Waals surface area contributed by atoms with Crippen molar-refractivity contribution in [2.24, 2.45) is 7.05 Å². The Morgan fingerprint density at radius 1 is 1.13 bits per heavy atom. The molecule has 0 saturated heterocycles. The van der Waals surface area contributed by atoms with Gasteiger partial charge in [-0.15, -0.1) is 15.3 Å². The minimum absolute atomic E-state index is 0.384. The van der Waals surface area contributed by atoms with Crippen LogP contribution in [0.3, 0.4) is 0 Å². The molecular formula is C19H26N10O2. The van der Waals surface area contributed by atoms with Crippen LogP contribution in [0.1, 0.15) is 11.1 Å². The average molecular weight is 426 g/mol. The highest BCUT2D eigenvalue weighted by atomic mass is 16.3. The van der Waals surface area contributed by atoms with Crippen molar-refractivity contribution in [1.29, 1.82) is 0 Å². The fourth-order valence-electron chi connectivity index (χ4n) is 3.06. The third-order valence-corrected chi connectivity index (χ3v) is 4.99. The van der Waals surface area contributed by atoms with Gasteiger partial charge in [-0.2, -0.15) is 4.98 Å². The Morgan fingerprint density at radius 3 is 2.68 bits per heavy atom. The number of H-pyrrole nitrogens is 1. The summed E-state index contributed by atoms with van der Waals surface area (Å²) < 4.78 is 12.4. The molecular weight excluding hydrogens is 400 g/mol. The SMILES string of the molecule is CN(CCc1ccoc1)c1n[nH]c(Nc2cc(CCN(C)c3nnc(N)n3C)co2)n1. The molecule has 164 valence electrons. The number of nitrogens with zero attached hydrogens (tertiary/aromatic N) is 7. The van der Waals surface area contributed by atoms with Gasteiger partial charge in [0.15, 0.2) is 5.88 Å². The largest absolute Gasteiger partial charge is 0.472 e. The number of hydrogen-bond donors (Lipinski definition) is 3. The molecule has 0 radical (unpaired) electrons. The molecule has 4 aromatic heterocycles. The fourth-order valence-corrected chi connectivity index (χ4v) is 3.06. The molecule has 0 bridgehead atoms. The average Bonchev–Trinajstić information content (AvgIpc) is 3.55. The molecule has 4 heterocycles. The van der Waals surface area contributed by atoms with E-state index in [-0.39, 0.29) is 0 Å². The molecule has 31 heavy (non-hydrogen) atoms. The summed E-state index contributed by atoms with van der Waals surface area (Å²) in [7, 11) is 5.72. The Kier molecular flexibility index (Phi) is 5.78. The van der Waals surface area contributed by atoms with Crippen LogP contribution in [0.15, 0.2) is 39.8 Å². The second-order valence-corrected chi connectivity index (χ2v) is 7.32. The molecule has 4 rings (SSSR count). The van der Waals surface area contributed by atoms with E-state index in [2.05, 4.69) is 30.7 Å². The van der Waals surface area contributed by atoms with Crippen LogP contribution < -0.4 is 20.9 Å². The predicted octanol–water partition coefficient (Wildman–Crippen LogP) is 1.80. The number of nitrogen functional groups attached to an aromatic ring is 1. The number of hydrogen-bond acceptors (Lipinski definition) is 10. The van der Waals surface area contributed by atoms with Gasteiger partial charge in [0.25, 0.3) is 0 Å². The zero-order chi connectivity index (χ0) is 21.8. The topological polar surface area (TPSA) is 143 Å². The predicted molar refractivity (Wildman–Crippen MR) is 116 cm³/mol. The number of aromatic nitrogens is 6. The maximum Gasteiger partial charge on any atom is 0.246 e. The zero-order valence-electron chi connectivity index (χ0n) is 17.7. The van der Waals surface area contributed by atoms with Crippen LogP contribution in [0.2, 0.25) is 0 Å². The Balaban J connectivity index is 1.28. The van der Waals surface area contributed by atoms with Gasteiger partial charge >= 0.3 is 0 Å². The summed E-state index contributed by atoms with van der Waals surface area (Å²) in [5, 5.41) is 18.2. The van der Waals surface area contributed by atoms with Crippen molar-refractivity contribution in [3.8, 4) is 0 Å². The van der Waals surface area contributed by atoms with Gasteiger partial charge in [0.2, 0.25) is 23.8 Å². The maximum absolute atomic E-state index is 5.74. The summed E-state index contributed by atoms with van der Waals surface area (Å²) in [4.78, 5) is 8.43. The first kappa shape index (κ1) is 20.3. The lowest BCUT2D eigenvalue weighted by atomic mass is 10.2. The molecule has 0 spiro atoms. The van der Waals surface area contributed by atoms with E-state index in [0.717, 1.165) is 37.1 Å². The summed E-state index contributed by atoms with van der Waals surface area (Å²) in [6, 6.07) is 3.89. The van der Waals surface area contributed by atoms with Crippen LogP contribution in [0.25, 0.3) is 0 Å². The first-order valence-electron chi connectivity index (χ1n) is 9.84. The van der Waals surface area contributed by atoms with Crippen LogP contribution in [0.5, 0.6) is 0 Å². The van der Waals surface area contributed by atoms with E-state index in [4.69, 9.17) is 14.6 Å². The third kappa shape index (κ3) is 4.79. The number of furan rings is 2. The minimum atomic E-state index is 0.384. The van der Waals surface area contributed by atoms with Crippen molar-refractivity contribution < 1.29 is 8.83 Å². The number of anilines is 5. The van der Waals surface area contributed by atoms with E-state index in [0.29, 0.717) is 29.7 Å². The van der Waals surface area contributed by atoms with Gasteiger partial charge in [-0.05, 0) is 30.0 Å². The minimum Gasteiger partial charge on any atom is -0.472 e. The van der Waals surface area contributed by atoms with Crippen molar-refractivity contribution in [3.63, 3.8) is 0 Å². The molecule has 12 nitrogen and oxygen atoms in total. The number of nitrogens with one attached hydrogen (secondary N) is 2. The summed E-state index contributed by atoms with van der Waals surface area (Å²) in [5.74, 6) is 2.80. The van der Waals surface area contributed by atoms with Crippen molar-refractivity contribution in [3.05, 3.63) is 42.0 Å². The Morgan fingerprint density at radius 2 is 1.94 bits per heavy atom. The zero-order valence-corrected chi connectivity index (χ0v) is 17.7. The van der Waals surface area contributed by atoms with Crippen LogP contribution in [0, 0.1) is 0 Å². The maximum atomic E-state index is 5.74. The smallest absolute Gasteiger partial charge is 0.246 e. The number of aromatic amines is 1. The second-order valence-electron chi connectivity index (χ2n) is 7.32. The molecule has 0 atom stereocenters. The van der Waals surface area contributed by atoms with Gasteiger partial charge < -0.3 is 24.4 Å². The lowest BCUT2D eigenvalue weighted by molar-refractivity contribution is 0.563. The molecule has 0 unspecified atom stereocenters. The van der Waals surface area contributed by atoms with Gasteiger partial charge in [-0.25, -0.2) is 5.10 Å². The van der Waals surface area contributed by atoms with E-state index >= 15 is 0 Å². The Hall–Kier alpha value is -3.96. The van der Waals surface area contributed by atoms with Crippen molar-refractivity contribution >= 4 is 29.7 Å². The molecule has 0 aliphatic heterocycles. The molecule has 12 heteroatoms. The summed E-state index contributed by atoms with van der Waals surface area (Å²) in [6.45, 7) is 1.51. The number of rotatable bonds is 10. The highest BCUT2D eigenvalue weighted by molar-refractivity contribution is 5.49. The molecule has 0 amide bonds. The number of nitrogens with two attached hydrogens (primary N) is 1. The summed E-state index contributed by atoms with van der Waals surface area (Å²) in [6.07, 6.45) is 6.75. The number of likely N-dealkylation sites (N-methyl/N-ethyl adjacent to an activating group) is 2. The van der Waals surface area contributed by atoms with Crippen LogP contribution in [-0.2, 0) is 19.9 Å². The first-order valence-corrected chi connectivity index (χ1v) is 9.84. The van der Waals surface area contributed by atoms with Crippen molar-refractivity contribution in [2.75, 3.05) is 48.0 Å². The summed E-state index contributed by atoms with van der Waals surface area (Å²) >= 11 is 0. The van der Waals surface area contributed by atoms with E-state index in [1.54, 1.807) is 23.4 Å². The van der Waals surface area contributed by atoms with E-state index in [9.17, 15) is 0 Å². The van der Waals surface area contributed by atoms with Gasteiger partial charge in [0.1, 0.15) is 0 Å². The van der Waals surface area contributed by atoms with E-state index in [1.807, 2.05) is 43.1 Å². The monoisotopic (exact) mass is 426 g/mol. The molecule has 0 aliphatic rings. The van der Waals surface area contributed by atoms with Gasteiger partial charge in [0, 0.05) is 40.3 Å². The highest BCUT2D eigenvalue weighted by Crippen LogP contribution is 2.20. The lowest BCUT2D eigenvalue weighted by Crippen LogP contribution is -2.23. The Bertz CT molecular complexity index is 1100. The van der Waals surface area contributed by atoms with Gasteiger partial charge in [-0.3, -0.25) is 9.88 Å². The van der Waals surface area contributed by atoms with Crippen LogP contribution >= 0.6 is 0 Å².